The molecule has 1 atom stereocenters. The molecule has 228 valence electrons. The molecule has 12 nitrogen and oxygen atoms in total. The third-order valence-electron chi connectivity index (χ3n) is 5.70. The lowest BCUT2D eigenvalue weighted by Gasteiger charge is -2.13. The molecule has 42 heavy (non-hydrogen) atoms. The van der Waals surface area contributed by atoms with Crippen LogP contribution in [0.25, 0.3) is 0 Å². The molecule has 0 unspecified atom stereocenters. The Labute approximate surface area is 249 Å². The van der Waals surface area contributed by atoms with Gasteiger partial charge in [-0.2, -0.15) is 0 Å². The summed E-state index contributed by atoms with van der Waals surface area (Å²) in [5, 5.41) is 12.7. The number of aliphatic hydroxyl groups excluding tert-OH is 1. The fraction of sp³-hybridized carbons (Fsp3) is 0.414. The Bertz CT molecular complexity index is 1150. The van der Waals surface area contributed by atoms with Gasteiger partial charge in [0, 0.05) is 40.2 Å². The molecule has 3 amide bonds. The number of nitrogens with one attached hydrogen (secondary N) is 2. The number of hydrogen-bond donors (Lipinski definition) is 3. The fourth-order valence-corrected chi connectivity index (χ4v) is 4.49. The number of amides is 3. The first-order valence-corrected chi connectivity index (χ1v) is 14.3. The summed E-state index contributed by atoms with van der Waals surface area (Å²) < 4.78 is 21.7. The number of hydrogen-bond acceptors (Lipinski definition) is 11. The third kappa shape index (κ3) is 12.4. The number of rotatable bonds is 21. The molecule has 1 aliphatic heterocycles. The van der Waals surface area contributed by atoms with E-state index in [4.69, 9.17) is 23.8 Å². The number of benzene rings is 2. The lowest BCUT2D eigenvalue weighted by atomic mass is 10.2. The average Bonchev–Trinajstić information content (AvgIpc) is 3.30. The van der Waals surface area contributed by atoms with Gasteiger partial charge < -0.3 is 29.4 Å². The first kappa shape index (κ1) is 33.4. The summed E-state index contributed by atoms with van der Waals surface area (Å²) in [4.78, 5) is 43.1. The number of carbonyl (C=O) groups is 3. The first-order valence-electron chi connectivity index (χ1n) is 13.5. The zero-order valence-electron chi connectivity index (χ0n) is 23.5. The van der Waals surface area contributed by atoms with Gasteiger partial charge in [-0.1, -0.05) is 30.0 Å². The minimum atomic E-state index is -1.04. The maximum absolute atomic E-state index is 12.3. The summed E-state index contributed by atoms with van der Waals surface area (Å²) in [5.41, 5.74) is 3.80. The standard InChI is InChI=1S/C29H37N3O9S/c1-30-41-29(36)22-5-7-24(8-6-22)42-25-4-2-3-23(21-25)31-26(33)11-13-37-15-17-39-19-20-40-18-16-38-14-12-32-27(34)9-10-28(32)35/h2-10,21,29-30,36H,11-20H2,1H3,(H,31,33)/t29-/m1/s1. The van der Waals surface area contributed by atoms with Gasteiger partial charge in [0.15, 0.2) is 0 Å². The first-order chi connectivity index (χ1) is 20.5. The monoisotopic (exact) mass is 603 g/mol. The minimum absolute atomic E-state index is 0.146. The summed E-state index contributed by atoms with van der Waals surface area (Å²) in [6.07, 6.45) is 1.67. The predicted octanol–water partition coefficient (Wildman–Crippen LogP) is 2.30. The molecule has 0 aromatic heterocycles. The summed E-state index contributed by atoms with van der Waals surface area (Å²) in [6.45, 7) is 3.03. The van der Waals surface area contributed by atoms with E-state index in [0.29, 0.717) is 50.9 Å². The SMILES string of the molecule is CNO[C@@H](O)c1ccc(Sc2cccc(NC(=O)CCOCCOCCOCCOCCN3C(=O)C=CC3=O)c2)cc1. The Kier molecular flexibility index (Phi) is 15.2. The quantitative estimate of drug-likeness (QED) is 0.0837. The van der Waals surface area contributed by atoms with Gasteiger partial charge >= 0.3 is 0 Å². The lowest BCUT2D eigenvalue weighted by Crippen LogP contribution is -2.33. The second kappa shape index (κ2) is 19.1. The molecule has 13 heteroatoms. The molecule has 3 rings (SSSR count). The van der Waals surface area contributed by atoms with Crippen molar-refractivity contribution in [3.8, 4) is 0 Å². The topological polar surface area (TPSA) is 145 Å². The maximum Gasteiger partial charge on any atom is 0.253 e. The molecule has 0 spiro atoms. The van der Waals surface area contributed by atoms with Crippen molar-refractivity contribution in [2.75, 3.05) is 71.8 Å². The van der Waals surface area contributed by atoms with Crippen molar-refractivity contribution in [3.63, 3.8) is 0 Å². The molecular formula is C29H37N3O9S. The van der Waals surface area contributed by atoms with Gasteiger partial charge in [0.25, 0.3) is 11.8 Å². The van der Waals surface area contributed by atoms with E-state index < -0.39 is 6.29 Å². The van der Waals surface area contributed by atoms with Crippen molar-refractivity contribution in [3.05, 3.63) is 66.2 Å². The van der Waals surface area contributed by atoms with Crippen molar-refractivity contribution in [2.45, 2.75) is 22.5 Å². The van der Waals surface area contributed by atoms with E-state index in [0.717, 1.165) is 14.7 Å². The minimum Gasteiger partial charge on any atom is -0.379 e. The molecule has 1 aliphatic rings. The zero-order valence-corrected chi connectivity index (χ0v) is 24.3. The molecule has 0 aliphatic carbocycles. The number of imide groups is 1. The van der Waals surface area contributed by atoms with Crippen LogP contribution in [0.4, 0.5) is 5.69 Å². The molecule has 0 bridgehead atoms. The van der Waals surface area contributed by atoms with E-state index >= 15 is 0 Å². The normalized spacial score (nSPS) is 13.6. The van der Waals surface area contributed by atoms with Crippen LogP contribution >= 0.6 is 11.8 Å². The second-order valence-electron chi connectivity index (χ2n) is 8.78. The predicted molar refractivity (Wildman–Crippen MR) is 154 cm³/mol. The molecule has 2 aromatic rings. The van der Waals surface area contributed by atoms with E-state index in [1.54, 1.807) is 19.2 Å². The van der Waals surface area contributed by atoms with Crippen LogP contribution in [0.15, 0.2) is 70.5 Å². The fourth-order valence-electron chi connectivity index (χ4n) is 3.61. The number of anilines is 1. The van der Waals surface area contributed by atoms with Gasteiger partial charge in [-0.25, -0.2) is 5.48 Å². The highest BCUT2D eigenvalue weighted by atomic mass is 32.2. The summed E-state index contributed by atoms with van der Waals surface area (Å²) >= 11 is 1.54. The Morgan fingerprint density at radius 2 is 1.43 bits per heavy atom. The molecule has 1 heterocycles. The van der Waals surface area contributed by atoms with Crippen molar-refractivity contribution < 1.29 is 43.3 Å². The number of carbonyl (C=O) groups excluding carboxylic acids is 3. The van der Waals surface area contributed by atoms with Crippen LogP contribution in [0.1, 0.15) is 18.3 Å². The van der Waals surface area contributed by atoms with Crippen LogP contribution in [-0.2, 0) is 38.2 Å². The summed E-state index contributed by atoms with van der Waals surface area (Å²) in [6, 6.07) is 14.9. The smallest absolute Gasteiger partial charge is 0.253 e. The third-order valence-corrected chi connectivity index (χ3v) is 6.70. The van der Waals surface area contributed by atoms with Crippen LogP contribution in [0.3, 0.4) is 0 Å². The maximum atomic E-state index is 12.3. The van der Waals surface area contributed by atoms with Crippen LogP contribution < -0.4 is 10.8 Å². The van der Waals surface area contributed by atoms with E-state index in [1.165, 1.54) is 23.9 Å². The van der Waals surface area contributed by atoms with Crippen molar-refractivity contribution in [1.29, 1.82) is 0 Å². The van der Waals surface area contributed by atoms with Gasteiger partial charge in [-0.15, -0.1) is 0 Å². The molecule has 0 fully saturated rings. The molecule has 2 aromatic carbocycles. The largest absolute Gasteiger partial charge is 0.379 e. The van der Waals surface area contributed by atoms with Gasteiger partial charge in [0.2, 0.25) is 12.2 Å². The van der Waals surface area contributed by atoms with Gasteiger partial charge in [0.05, 0.1) is 65.8 Å². The van der Waals surface area contributed by atoms with Gasteiger partial charge in [0.1, 0.15) is 0 Å². The lowest BCUT2D eigenvalue weighted by molar-refractivity contribution is -0.143. The molecule has 0 saturated carbocycles. The number of aliphatic hydroxyl groups is 1. The van der Waals surface area contributed by atoms with E-state index in [2.05, 4.69) is 10.8 Å². The molecular weight excluding hydrogens is 566 g/mol. The number of nitrogens with zero attached hydrogens (tertiary/aromatic N) is 1. The van der Waals surface area contributed by atoms with Crippen molar-refractivity contribution in [2.24, 2.45) is 0 Å². The highest BCUT2D eigenvalue weighted by Crippen LogP contribution is 2.30. The Hall–Kier alpha value is -3.14. The van der Waals surface area contributed by atoms with Gasteiger partial charge in [-0.05, 0) is 30.3 Å². The van der Waals surface area contributed by atoms with Crippen LogP contribution in [0.2, 0.25) is 0 Å². The molecule has 0 radical (unpaired) electrons. The van der Waals surface area contributed by atoms with Gasteiger partial charge in [-0.3, -0.25) is 24.1 Å². The average molecular weight is 604 g/mol. The van der Waals surface area contributed by atoms with E-state index in [9.17, 15) is 19.5 Å². The van der Waals surface area contributed by atoms with Crippen LogP contribution in [0.5, 0.6) is 0 Å². The number of ether oxygens (including phenoxy) is 4. The highest BCUT2D eigenvalue weighted by molar-refractivity contribution is 7.99. The van der Waals surface area contributed by atoms with Crippen molar-refractivity contribution >= 4 is 35.2 Å². The Balaban J connectivity index is 1.16. The summed E-state index contributed by atoms with van der Waals surface area (Å²) in [5.74, 6) is -0.785. The second-order valence-corrected chi connectivity index (χ2v) is 9.93. The summed E-state index contributed by atoms with van der Waals surface area (Å²) in [7, 11) is 1.58. The Morgan fingerprint density at radius 3 is 2.05 bits per heavy atom. The van der Waals surface area contributed by atoms with Crippen molar-refractivity contribution in [1.82, 2.24) is 10.4 Å². The number of hydroxylamine groups is 1. The van der Waals surface area contributed by atoms with E-state index in [-0.39, 0.29) is 43.9 Å². The van der Waals surface area contributed by atoms with Crippen LogP contribution in [0, 0.1) is 0 Å². The Morgan fingerprint density at radius 1 is 0.833 bits per heavy atom. The highest BCUT2D eigenvalue weighted by Gasteiger charge is 2.22. The zero-order chi connectivity index (χ0) is 30.0. The van der Waals surface area contributed by atoms with Crippen LogP contribution in [-0.4, -0.2) is 94.2 Å². The van der Waals surface area contributed by atoms with E-state index in [1.807, 2.05) is 36.4 Å². The molecule has 0 saturated heterocycles. The molecule has 3 N–H and O–H groups in total.